The summed E-state index contributed by atoms with van der Waals surface area (Å²) in [5.41, 5.74) is 0.558. The van der Waals surface area contributed by atoms with Crippen LogP contribution in [0, 0.1) is 0 Å². The molecule has 0 saturated heterocycles. The Balaban J connectivity index is 2.38. The molecule has 0 atom stereocenters. The predicted octanol–water partition coefficient (Wildman–Crippen LogP) is 3.50. The molecule has 0 saturated carbocycles. The van der Waals surface area contributed by atoms with Crippen LogP contribution in [-0.4, -0.2) is 40.0 Å². The van der Waals surface area contributed by atoms with Gasteiger partial charge in [-0.3, -0.25) is 4.79 Å². The molecule has 2 aromatic rings. The molecule has 0 aliphatic rings. The van der Waals surface area contributed by atoms with E-state index in [2.05, 4.69) is 5.32 Å². The Morgan fingerprint density at radius 1 is 0.889 bits per heavy atom. The molecule has 0 bridgehead atoms. The molecule has 0 unspecified atom stereocenters. The van der Waals surface area contributed by atoms with Gasteiger partial charge >= 0.3 is 6.16 Å². The molecule has 0 aromatic heterocycles. The molecule has 0 spiro atoms. The van der Waals surface area contributed by atoms with E-state index in [-0.39, 0.29) is 23.7 Å². The van der Waals surface area contributed by atoms with Crippen LogP contribution in [0.1, 0.15) is 17.3 Å². The van der Waals surface area contributed by atoms with Crippen molar-refractivity contribution in [3.05, 3.63) is 42.0 Å². The maximum absolute atomic E-state index is 12.8. The van der Waals surface area contributed by atoms with Crippen LogP contribution in [0.15, 0.2) is 36.4 Å². The lowest BCUT2D eigenvalue weighted by Gasteiger charge is -2.15. The number of benzene rings is 2. The Bertz CT molecular complexity index is 802. The van der Waals surface area contributed by atoms with Crippen LogP contribution in [0.4, 0.5) is 10.5 Å². The summed E-state index contributed by atoms with van der Waals surface area (Å²) in [6, 6.07) is 9.69. The molecule has 0 aliphatic heterocycles. The molecule has 0 fully saturated rings. The first-order valence-electron chi connectivity index (χ1n) is 8.08. The SMILES string of the molecule is CCOC(=O)Oc1cc(OC)cc(OC)c1C(=O)Nc1ccc(OC)cc1. The van der Waals surface area contributed by atoms with E-state index >= 15 is 0 Å². The average molecular weight is 375 g/mol. The zero-order valence-electron chi connectivity index (χ0n) is 15.5. The van der Waals surface area contributed by atoms with Crippen LogP contribution < -0.4 is 24.3 Å². The van der Waals surface area contributed by atoms with Crippen LogP contribution in [-0.2, 0) is 4.74 Å². The third-order valence-electron chi connectivity index (χ3n) is 3.53. The van der Waals surface area contributed by atoms with E-state index in [1.54, 1.807) is 38.3 Å². The molecule has 0 heterocycles. The standard InChI is InChI=1S/C19H21NO7/c1-5-26-19(22)27-16-11-14(24-3)10-15(25-4)17(16)18(21)20-12-6-8-13(23-2)9-7-12/h6-11H,5H2,1-4H3,(H,20,21). The van der Waals surface area contributed by atoms with Gasteiger partial charge in [-0.25, -0.2) is 4.79 Å². The van der Waals surface area contributed by atoms with Gasteiger partial charge in [0.25, 0.3) is 5.91 Å². The second-order valence-electron chi connectivity index (χ2n) is 5.17. The number of hydrogen-bond donors (Lipinski definition) is 1. The van der Waals surface area contributed by atoms with Crippen molar-refractivity contribution in [2.24, 2.45) is 0 Å². The van der Waals surface area contributed by atoms with E-state index in [4.69, 9.17) is 23.7 Å². The maximum atomic E-state index is 12.8. The summed E-state index contributed by atoms with van der Waals surface area (Å²) in [6.45, 7) is 1.78. The summed E-state index contributed by atoms with van der Waals surface area (Å²) in [7, 11) is 4.39. The van der Waals surface area contributed by atoms with Crippen molar-refractivity contribution >= 4 is 17.7 Å². The van der Waals surface area contributed by atoms with Crippen LogP contribution in [0.2, 0.25) is 0 Å². The number of amides is 1. The molecular formula is C19H21NO7. The number of ether oxygens (including phenoxy) is 5. The van der Waals surface area contributed by atoms with Gasteiger partial charge in [-0.2, -0.15) is 0 Å². The second kappa shape index (κ2) is 9.33. The molecule has 0 radical (unpaired) electrons. The Hall–Kier alpha value is -3.42. The lowest BCUT2D eigenvalue weighted by atomic mass is 10.1. The molecule has 27 heavy (non-hydrogen) atoms. The van der Waals surface area contributed by atoms with Crippen LogP contribution in [0.3, 0.4) is 0 Å². The number of carbonyl (C=O) groups is 2. The topological polar surface area (TPSA) is 92.3 Å². The number of nitrogens with one attached hydrogen (secondary N) is 1. The minimum Gasteiger partial charge on any atom is -0.497 e. The van der Waals surface area contributed by atoms with Crippen molar-refractivity contribution in [3.63, 3.8) is 0 Å². The highest BCUT2D eigenvalue weighted by Crippen LogP contribution is 2.35. The molecule has 2 rings (SSSR count). The summed E-state index contributed by atoms with van der Waals surface area (Å²) in [5, 5.41) is 2.72. The highest BCUT2D eigenvalue weighted by molar-refractivity contribution is 6.08. The largest absolute Gasteiger partial charge is 0.513 e. The summed E-state index contributed by atoms with van der Waals surface area (Å²) < 4.78 is 25.5. The van der Waals surface area contributed by atoms with E-state index in [0.717, 1.165) is 0 Å². The molecule has 8 nitrogen and oxygen atoms in total. The molecule has 2 aromatic carbocycles. The first-order valence-corrected chi connectivity index (χ1v) is 8.08. The Kier molecular flexibility index (Phi) is 6.87. The number of hydrogen-bond acceptors (Lipinski definition) is 7. The molecule has 1 N–H and O–H groups in total. The maximum Gasteiger partial charge on any atom is 0.513 e. The summed E-state index contributed by atoms with van der Waals surface area (Å²) >= 11 is 0. The minimum absolute atomic E-state index is 0.0298. The van der Waals surface area contributed by atoms with Crippen molar-refractivity contribution in [3.8, 4) is 23.0 Å². The highest BCUT2D eigenvalue weighted by atomic mass is 16.7. The van der Waals surface area contributed by atoms with E-state index in [1.807, 2.05) is 0 Å². The monoisotopic (exact) mass is 375 g/mol. The fourth-order valence-corrected chi connectivity index (χ4v) is 2.25. The van der Waals surface area contributed by atoms with Crippen LogP contribution in [0.25, 0.3) is 0 Å². The fraction of sp³-hybridized carbons (Fsp3) is 0.263. The summed E-state index contributed by atoms with van der Waals surface area (Å²) in [5.74, 6) is 0.614. The van der Waals surface area contributed by atoms with E-state index < -0.39 is 12.1 Å². The van der Waals surface area contributed by atoms with Gasteiger partial charge in [0.05, 0.1) is 27.9 Å². The Labute approximate surface area is 156 Å². The molecule has 0 aliphatic carbocycles. The minimum atomic E-state index is -0.939. The molecular weight excluding hydrogens is 354 g/mol. The van der Waals surface area contributed by atoms with Gasteiger partial charge in [0, 0.05) is 17.8 Å². The average Bonchev–Trinajstić information content (AvgIpc) is 2.67. The van der Waals surface area contributed by atoms with Gasteiger partial charge in [-0.15, -0.1) is 0 Å². The lowest BCUT2D eigenvalue weighted by Crippen LogP contribution is -2.18. The Morgan fingerprint density at radius 2 is 1.52 bits per heavy atom. The number of methoxy groups -OCH3 is 3. The number of rotatable bonds is 7. The highest BCUT2D eigenvalue weighted by Gasteiger charge is 2.23. The Morgan fingerprint density at radius 3 is 2.07 bits per heavy atom. The third-order valence-corrected chi connectivity index (χ3v) is 3.53. The van der Waals surface area contributed by atoms with Crippen molar-refractivity contribution < 1.29 is 33.3 Å². The zero-order chi connectivity index (χ0) is 19.8. The van der Waals surface area contributed by atoms with Gasteiger partial charge < -0.3 is 29.0 Å². The van der Waals surface area contributed by atoms with Crippen LogP contribution >= 0.6 is 0 Å². The normalized spacial score (nSPS) is 9.93. The van der Waals surface area contributed by atoms with Gasteiger partial charge in [0.1, 0.15) is 22.8 Å². The predicted molar refractivity (Wildman–Crippen MR) is 98.1 cm³/mol. The zero-order valence-corrected chi connectivity index (χ0v) is 15.5. The first kappa shape index (κ1) is 19.9. The lowest BCUT2D eigenvalue weighted by molar-refractivity contribution is 0.0990. The number of anilines is 1. The van der Waals surface area contributed by atoms with Crippen molar-refractivity contribution in [1.82, 2.24) is 0 Å². The van der Waals surface area contributed by atoms with Crippen molar-refractivity contribution in [2.75, 3.05) is 33.3 Å². The molecule has 1 amide bonds. The van der Waals surface area contributed by atoms with E-state index in [9.17, 15) is 9.59 Å². The summed E-state index contributed by atoms with van der Waals surface area (Å²) in [6.07, 6.45) is -0.939. The first-order chi connectivity index (χ1) is 13.0. The smallest absolute Gasteiger partial charge is 0.497 e. The van der Waals surface area contributed by atoms with Gasteiger partial charge in [0.15, 0.2) is 5.75 Å². The van der Waals surface area contributed by atoms with Crippen LogP contribution in [0.5, 0.6) is 23.0 Å². The van der Waals surface area contributed by atoms with Gasteiger partial charge in [-0.05, 0) is 31.2 Å². The molecule has 8 heteroatoms. The second-order valence-corrected chi connectivity index (χ2v) is 5.17. The van der Waals surface area contributed by atoms with E-state index in [1.165, 1.54) is 26.4 Å². The molecule has 144 valence electrons. The third kappa shape index (κ3) is 5.04. The van der Waals surface area contributed by atoms with Crippen molar-refractivity contribution in [2.45, 2.75) is 6.92 Å². The fourth-order valence-electron chi connectivity index (χ4n) is 2.25. The quantitative estimate of drug-likeness (QED) is 0.585. The number of carbonyl (C=O) groups excluding carboxylic acids is 2. The van der Waals surface area contributed by atoms with Crippen molar-refractivity contribution in [1.29, 1.82) is 0 Å². The van der Waals surface area contributed by atoms with E-state index in [0.29, 0.717) is 17.2 Å². The van der Waals surface area contributed by atoms with Gasteiger partial charge in [-0.1, -0.05) is 0 Å². The summed E-state index contributed by atoms with van der Waals surface area (Å²) in [4.78, 5) is 24.6. The van der Waals surface area contributed by atoms with Gasteiger partial charge in [0.2, 0.25) is 0 Å².